The molecule has 0 aliphatic heterocycles. The Morgan fingerprint density at radius 3 is 2.74 bits per heavy atom. The molecule has 19 heavy (non-hydrogen) atoms. The Bertz CT molecular complexity index is 563. The van der Waals surface area contributed by atoms with Crippen molar-refractivity contribution in [1.29, 1.82) is 0 Å². The van der Waals surface area contributed by atoms with E-state index < -0.39 is 0 Å². The number of hydrogen-bond donors (Lipinski definition) is 1. The van der Waals surface area contributed by atoms with Crippen molar-refractivity contribution >= 4 is 21.9 Å². The SMILES string of the molecule is COc1ccccc1CNc1ncc(Br)c(OC)n1. The van der Waals surface area contributed by atoms with E-state index in [1.165, 1.54) is 0 Å². The third-order valence-electron chi connectivity index (χ3n) is 2.53. The molecule has 0 bridgehead atoms. The average molecular weight is 324 g/mol. The highest BCUT2D eigenvalue weighted by atomic mass is 79.9. The summed E-state index contributed by atoms with van der Waals surface area (Å²) in [6.45, 7) is 0.578. The van der Waals surface area contributed by atoms with Crippen LogP contribution in [0.25, 0.3) is 0 Å². The van der Waals surface area contributed by atoms with Gasteiger partial charge < -0.3 is 14.8 Å². The number of aromatic nitrogens is 2. The minimum absolute atomic E-state index is 0.498. The van der Waals surface area contributed by atoms with Crippen LogP contribution in [0.15, 0.2) is 34.9 Å². The van der Waals surface area contributed by atoms with Gasteiger partial charge in [-0.15, -0.1) is 0 Å². The van der Waals surface area contributed by atoms with Crippen LogP contribution in [0.2, 0.25) is 0 Å². The lowest BCUT2D eigenvalue weighted by Crippen LogP contribution is -2.05. The van der Waals surface area contributed by atoms with Crippen molar-refractivity contribution in [2.24, 2.45) is 0 Å². The summed E-state index contributed by atoms with van der Waals surface area (Å²) in [5, 5.41) is 3.13. The summed E-state index contributed by atoms with van der Waals surface area (Å²) in [7, 11) is 3.22. The fourth-order valence-electron chi connectivity index (χ4n) is 1.60. The van der Waals surface area contributed by atoms with Gasteiger partial charge in [0.1, 0.15) is 5.75 Å². The molecule has 1 heterocycles. The van der Waals surface area contributed by atoms with Gasteiger partial charge in [0.25, 0.3) is 0 Å². The Labute approximate surface area is 120 Å². The Morgan fingerprint density at radius 1 is 1.21 bits per heavy atom. The lowest BCUT2D eigenvalue weighted by atomic mass is 10.2. The van der Waals surface area contributed by atoms with Crippen LogP contribution in [0.4, 0.5) is 5.95 Å². The van der Waals surface area contributed by atoms with E-state index in [-0.39, 0.29) is 0 Å². The molecule has 0 radical (unpaired) electrons. The maximum atomic E-state index is 5.28. The van der Waals surface area contributed by atoms with Crippen LogP contribution < -0.4 is 14.8 Å². The quantitative estimate of drug-likeness (QED) is 0.916. The molecule has 100 valence electrons. The Kier molecular flexibility index (Phi) is 4.57. The number of rotatable bonds is 5. The number of halogens is 1. The minimum atomic E-state index is 0.498. The number of nitrogens with one attached hydrogen (secondary N) is 1. The van der Waals surface area contributed by atoms with E-state index in [0.29, 0.717) is 18.4 Å². The lowest BCUT2D eigenvalue weighted by Gasteiger charge is -2.10. The maximum absolute atomic E-state index is 5.28. The zero-order chi connectivity index (χ0) is 13.7. The molecule has 0 atom stereocenters. The first-order valence-electron chi connectivity index (χ1n) is 5.67. The fourth-order valence-corrected chi connectivity index (χ4v) is 1.96. The van der Waals surface area contributed by atoms with Gasteiger partial charge in [0.15, 0.2) is 0 Å². The van der Waals surface area contributed by atoms with Crippen LogP contribution in [0.1, 0.15) is 5.56 Å². The van der Waals surface area contributed by atoms with Gasteiger partial charge in [0.05, 0.1) is 24.9 Å². The fraction of sp³-hybridized carbons (Fsp3) is 0.231. The number of methoxy groups -OCH3 is 2. The molecule has 0 aliphatic carbocycles. The van der Waals surface area contributed by atoms with Crippen molar-refractivity contribution in [3.63, 3.8) is 0 Å². The van der Waals surface area contributed by atoms with Gasteiger partial charge in [0.2, 0.25) is 11.8 Å². The molecule has 0 unspecified atom stereocenters. The van der Waals surface area contributed by atoms with Crippen molar-refractivity contribution in [2.75, 3.05) is 19.5 Å². The first-order chi connectivity index (χ1) is 9.24. The van der Waals surface area contributed by atoms with Crippen molar-refractivity contribution in [2.45, 2.75) is 6.54 Å². The molecule has 0 saturated carbocycles. The highest BCUT2D eigenvalue weighted by Gasteiger charge is 2.06. The first-order valence-corrected chi connectivity index (χ1v) is 6.46. The molecule has 0 amide bonds. The summed E-state index contributed by atoms with van der Waals surface area (Å²) >= 11 is 3.31. The van der Waals surface area contributed by atoms with Crippen molar-refractivity contribution < 1.29 is 9.47 Å². The largest absolute Gasteiger partial charge is 0.496 e. The van der Waals surface area contributed by atoms with E-state index in [0.717, 1.165) is 15.8 Å². The summed E-state index contributed by atoms with van der Waals surface area (Å²) < 4.78 is 11.1. The summed E-state index contributed by atoms with van der Waals surface area (Å²) in [6.07, 6.45) is 1.65. The van der Waals surface area contributed by atoms with Crippen LogP contribution in [-0.2, 0) is 6.54 Å². The zero-order valence-electron chi connectivity index (χ0n) is 10.7. The topological polar surface area (TPSA) is 56.3 Å². The van der Waals surface area contributed by atoms with Crippen LogP contribution in [0.5, 0.6) is 11.6 Å². The summed E-state index contributed by atoms with van der Waals surface area (Å²) in [5.41, 5.74) is 1.04. The number of hydrogen-bond acceptors (Lipinski definition) is 5. The number of benzene rings is 1. The number of nitrogens with zero attached hydrogens (tertiary/aromatic N) is 2. The van der Waals surface area contributed by atoms with Crippen LogP contribution in [-0.4, -0.2) is 24.2 Å². The van der Waals surface area contributed by atoms with Gasteiger partial charge in [-0.1, -0.05) is 18.2 Å². The second kappa shape index (κ2) is 6.38. The van der Waals surface area contributed by atoms with Crippen molar-refractivity contribution in [1.82, 2.24) is 9.97 Å². The molecule has 2 aromatic rings. The first kappa shape index (κ1) is 13.6. The predicted molar refractivity (Wildman–Crippen MR) is 76.6 cm³/mol. The van der Waals surface area contributed by atoms with E-state index in [2.05, 4.69) is 31.2 Å². The molecule has 6 heteroatoms. The van der Waals surface area contributed by atoms with Gasteiger partial charge in [-0.25, -0.2) is 4.98 Å². The third kappa shape index (κ3) is 3.35. The van der Waals surface area contributed by atoms with Gasteiger partial charge in [-0.3, -0.25) is 0 Å². The molecular weight excluding hydrogens is 310 g/mol. The predicted octanol–water partition coefficient (Wildman–Crippen LogP) is 2.87. The number of anilines is 1. The van der Waals surface area contributed by atoms with Gasteiger partial charge >= 0.3 is 0 Å². The standard InChI is InChI=1S/C13H14BrN3O2/c1-18-11-6-4-3-5-9(11)7-15-13-16-8-10(14)12(17-13)19-2/h3-6,8H,7H2,1-2H3,(H,15,16,17). The number of ether oxygens (including phenoxy) is 2. The highest BCUT2D eigenvalue weighted by Crippen LogP contribution is 2.23. The van der Waals surface area contributed by atoms with Gasteiger partial charge in [0, 0.05) is 12.1 Å². The van der Waals surface area contributed by atoms with E-state index in [9.17, 15) is 0 Å². The summed E-state index contributed by atoms with van der Waals surface area (Å²) in [5.74, 6) is 1.84. The monoisotopic (exact) mass is 323 g/mol. The molecule has 0 aliphatic rings. The Hall–Kier alpha value is -1.82. The molecule has 1 aromatic heterocycles. The van der Waals surface area contributed by atoms with Crippen LogP contribution in [0, 0.1) is 0 Å². The molecule has 0 fully saturated rings. The normalized spacial score (nSPS) is 10.1. The summed E-state index contributed by atoms with van der Waals surface area (Å²) in [6, 6.07) is 7.80. The number of para-hydroxylation sites is 1. The van der Waals surface area contributed by atoms with Crippen molar-refractivity contribution in [3.8, 4) is 11.6 Å². The molecule has 5 nitrogen and oxygen atoms in total. The smallest absolute Gasteiger partial charge is 0.232 e. The van der Waals surface area contributed by atoms with Gasteiger partial charge in [-0.2, -0.15) is 4.98 Å². The van der Waals surface area contributed by atoms with E-state index in [4.69, 9.17) is 9.47 Å². The zero-order valence-corrected chi connectivity index (χ0v) is 12.3. The molecule has 1 aromatic carbocycles. The highest BCUT2D eigenvalue weighted by molar-refractivity contribution is 9.10. The molecule has 0 saturated heterocycles. The van der Waals surface area contributed by atoms with E-state index in [1.54, 1.807) is 20.4 Å². The Morgan fingerprint density at radius 2 is 2.00 bits per heavy atom. The molecule has 2 rings (SSSR count). The lowest BCUT2D eigenvalue weighted by molar-refractivity contribution is 0.394. The average Bonchev–Trinajstić information content (AvgIpc) is 2.46. The second-order valence-corrected chi connectivity index (χ2v) is 4.57. The third-order valence-corrected chi connectivity index (χ3v) is 3.08. The van der Waals surface area contributed by atoms with Crippen LogP contribution in [0.3, 0.4) is 0 Å². The van der Waals surface area contributed by atoms with Gasteiger partial charge in [-0.05, 0) is 22.0 Å². The molecular formula is C13H14BrN3O2. The van der Waals surface area contributed by atoms with E-state index >= 15 is 0 Å². The van der Waals surface area contributed by atoms with Crippen molar-refractivity contribution in [3.05, 3.63) is 40.5 Å². The van der Waals surface area contributed by atoms with Crippen LogP contribution >= 0.6 is 15.9 Å². The summed E-state index contributed by atoms with van der Waals surface area (Å²) in [4.78, 5) is 8.40. The molecule has 0 spiro atoms. The maximum Gasteiger partial charge on any atom is 0.232 e. The second-order valence-electron chi connectivity index (χ2n) is 3.72. The molecule has 1 N–H and O–H groups in total. The minimum Gasteiger partial charge on any atom is -0.496 e. The van der Waals surface area contributed by atoms with E-state index in [1.807, 2.05) is 24.3 Å². The Balaban J connectivity index is 2.10.